The average molecular weight is 374 g/mol. The number of rotatable bonds is 16. The molecule has 0 saturated heterocycles. The zero-order valence-corrected chi connectivity index (χ0v) is 18.8. The Balaban J connectivity index is 0. The van der Waals surface area contributed by atoms with Crippen molar-refractivity contribution in [2.45, 2.75) is 57.8 Å². The van der Waals surface area contributed by atoms with E-state index in [1.807, 2.05) is 0 Å². The second kappa shape index (κ2) is 18.5. The molecule has 138 valence electrons. The van der Waals surface area contributed by atoms with Crippen molar-refractivity contribution >= 4 is 18.8 Å². The second-order valence-corrected chi connectivity index (χ2v) is 7.04. The van der Waals surface area contributed by atoms with Gasteiger partial charge in [-0.15, -0.1) is 0 Å². The quantitative estimate of drug-likeness (QED) is 0.100. The number of quaternary nitrogens is 1. The van der Waals surface area contributed by atoms with Crippen molar-refractivity contribution in [1.29, 1.82) is 0 Å². The molecule has 0 fully saturated rings. The topological polar surface area (TPSA) is 56.8 Å². The van der Waals surface area contributed by atoms with Gasteiger partial charge >= 0.3 is 29.6 Å². The molecule has 0 saturated carbocycles. The monoisotopic (exact) mass is 373 g/mol. The van der Waals surface area contributed by atoms with Crippen LogP contribution in [0.2, 0.25) is 0 Å². The van der Waals surface area contributed by atoms with Gasteiger partial charge in [0.15, 0.2) is 0 Å². The molecule has 0 bridgehead atoms. The van der Waals surface area contributed by atoms with Crippen LogP contribution in [0.1, 0.15) is 57.8 Å². The van der Waals surface area contributed by atoms with Crippen molar-refractivity contribution < 1.29 is 53.1 Å². The van der Waals surface area contributed by atoms with Crippen LogP contribution in [-0.2, 0) is 32.0 Å². The van der Waals surface area contributed by atoms with Gasteiger partial charge in [-0.2, -0.15) is 0 Å². The van der Waals surface area contributed by atoms with Crippen molar-refractivity contribution in [3.63, 3.8) is 0 Å². The number of hydrogen-bond donors (Lipinski definition) is 1. The Hall–Kier alpha value is 0.660. The molecule has 0 rings (SSSR count). The fourth-order valence-electron chi connectivity index (χ4n) is 2.25. The van der Waals surface area contributed by atoms with Crippen molar-refractivity contribution in [2.24, 2.45) is 0 Å². The van der Waals surface area contributed by atoms with Crippen LogP contribution in [0.15, 0.2) is 0 Å². The zero-order valence-electron chi connectivity index (χ0n) is 16.0. The molecule has 0 atom stereocenters. The molecule has 0 unspecified atom stereocenters. The van der Waals surface area contributed by atoms with E-state index in [9.17, 15) is 4.79 Å². The van der Waals surface area contributed by atoms with Gasteiger partial charge in [-0.3, -0.25) is 4.79 Å². The van der Waals surface area contributed by atoms with Crippen molar-refractivity contribution in [3.8, 4) is 0 Å². The summed E-state index contributed by atoms with van der Waals surface area (Å²) >= 11 is 4.10. The van der Waals surface area contributed by atoms with Crippen molar-refractivity contribution in [3.05, 3.63) is 0 Å². The fourth-order valence-corrected chi connectivity index (χ4v) is 2.29. The summed E-state index contributed by atoms with van der Waals surface area (Å²) in [6.07, 6.45) is 9.38. The average Bonchev–Trinajstić information content (AvgIpc) is 2.48. The molecule has 0 aliphatic carbocycles. The van der Waals surface area contributed by atoms with Gasteiger partial charge in [-0.05, 0) is 12.8 Å². The van der Waals surface area contributed by atoms with E-state index in [0.717, 1.165) is 49.7 Å². The Labute approximate surface area is 175 Å². The summed E-state index contributed by atoms with van der Waals surface area (Å²) in [5, 5.41) is 7.14. The van der Waals surface area contributed by atoms with Crippen LogP contribution >= 0.6 is 0 Å². The van der Waals surface area contributed by atoms with Crippen LogP contribution in [0.3, 0.4) is 0 Å². The first-order valence-corrected chi connectivity index (χ1v) is 8.94. The third-order valence-corrected chi connectivity index (χ3v) is 3.59. The van der Waals surface area contributed by atoms with Crippen LogP contribution in [0.4, 0.5) is 0 Å². The molecule has 0 aliphatic rings. The summed E-state index contributed by atoms with van der Waals surface area (Å²) in [5.74, 6) is 0.188. The van der Waals surface area contributed by atoms with Crippen LogP contribution < -0.4 is 34.9 Å². The molecule has 0 heterocycles. The van der Waals surface area contributed by atoms with Crippen LogP contribution in [-0.4, -0.2) is 51.2 Å². The molecule has 24 heavy (non-hydrogen) atoms. The molecule has 1 N–H and O–H groups in total. The van der Waals surface area contributed by atoms with Gasteiger partial charge < -0.3 is 27.0 Å². The SMILES string of the molecule is C[N+](C)(C)CCCNC(=O)CCCCCCCCCOOO[S-].[Na+]. The van der Waals surface area contributed by atoms with Gasteiger partial charge in [0.05, 0.1) is 34.3 Å². The zero-order chi connectivity index (χ0) is 17.4. The van der Waals surface area contributed by atoms with Gasteiger partial charge in [0.25, 0.3) is 0 Å². The minimum absolute atomic E-state index is 0. The molecule has 0 aromatic carbocycles. The molecule has 8 heteroatoms. The van der Waals surface area contributed by atoms with E-state index in [4.69, 9.17) is 0 Å². The standard InChI is InChI=1S/C16H34N2O4S.Na/c1-18(2,3)14-11-13-17-16(19)12-9-7-5-4-6-8-10-15-20-21-22-23;/h4-15H2,1-3H3,(H-,17,19,23);/q;+1. The predicted molar refractivity (Wildman–Crippen MR) is 92.9 cm³/mol. The number of unbranched alkanes of at least 4 members (excludes halogenated alkanes) is 6. The molecule has 0 aromatic rings. The van der Waals surface area contributed by atoms with Gasteiger partial charge in [0.1, 0.15) is 0 Å². The summed E-state index contributed by atoms with van der Waals surface area (Å²) in [5.41, 5.74) is 0. The van der Waals surface area contributed by atoms with E-state index in [-0.39, 0.29) is 35.5 Å². The Bertz CT molecular complexity index is 292. The third-order valence-electron chi connectivity index (χ3n) is 3.54. The van der Waals surface area contributed by atoms with Gasteiger partial charge in [0, 0.05) is 19.4 Å². The fraction of sp³-hybridized carbons (Fsp3) is 0.938. The van der Waals surface area contributed by atoms with Gasteiger partial charge in [-0.1, -0.05) is 37.1 Å². The maximum atomic E-state index is 11.7. The molecule has 6 nitrogen and oxygen atoms in total. The molecule has 0 aromatic heterocycles. The van der Waals surface area contributed by atoms with Crippen LogP contribution in [0.5, 0.6) is 0 Å². The van der Waals surface area contributed by atoms with Crippen molar-refractivity contribution in [2.75, 3.05) is 40.8 Å². The minimum atomic E-state index is 0. The number of carbonyl (C=O) groups excluding carboxylic acids is 1. The molecule has 1 amide bonds. The molecule has 0 aliphatic heterocycles. The summed E-state index contributed by atoms with van der Waals surface area (Å²) in [6, 6.07) is 0. The normalized spacial score (nSPS) is 11.2. The Morgan fingerprint density at radius 1 is 0.958 bits per heavy atom. The molecular formula is C16H34N2NaO4S+. The summed E-state index contributed by atoms with van der Waals surface area (Å²) in [4.78, 5) is 16.3. The smallest absolute Gasteiger partial charge is 0.579 e. The Kier molecular flexibility index (Phi) is 20.7. The van der Waals surface area contributed by atoms with E-state index in [2.05, 4.69) is 53.6 Å². The van der Waals surface area contributed by atoms with E-state index >= 15 is 0 Å². The maximum absolute atomic E-state index is 11.7. The predicted octanol–water partition coefficient (Wildman–Crippen LogP) is -0.335. The minimum Gasteiger partial charge on any atom is -0.579 e. The van der Waals surface area contributed by atoms with Gasteiger partial charge in [0.2, 0.25) is 5.91 Å². The Morgan fingerprint density at radius 3 is 2.12 bits per heavy atom. The summed E-state index contributed by atoms with van der Waals surface area (Å²) < 4.78 is 4.85. The van der Waals surface area contributed by atoms with Crippen LogP contribution in [0.25, 0.3) is 0 Å². The number of hydrogen-bond acceptors (Lipinski definition) is 5. The second-order valence-electron chi connectivity index (χ2n) is 6.90. The largest absolute Gasteiger partial charge is 1.00 e. The maximum Gasteiger partial charge on any atom is 1.00 e. The van der Waals surface area contributed by atoms with E-state index < -0.39 is 0 Å². The van der Waals surface area contributed by atoms with Gasteiger partial charge in [-0.25, -0.2) is 4.89 Å². The first-order chi connectivity index (χ1) is 11.0. The number of carbonyl (C=O) groups is 1. The molecule has 0 spiro atoms. The number of nitrogens with zero attached hydrogens (tertiary/aromatic N) is 1. The number of nitrogens with one attached hydrogen (secondary N) is 1. The van der Waals surface area contributed by atoms with E-state index in [1.54, 1.807) is 0 Å². The molecule has 0 radical (unpaired) electrons. The van der Waals surface area contributed by atoms with Crippen LogP contribution in [0, 0.1) is 0 Å². The summed E-state index contributed by atoms with van der Waals surface area (Å²) in [6.45, 7) is 2.37. The van der Waals surface area contributed by atoms with E-state index in [0.29, 0.717) is 13.0 Å². The molecular weight excluding hydrogens is 339 g/mol. The third kappa shape index (κ3) is 22.7. The van der Waals surface area contributed by atoms with Crippen molar-refractivity contribution in [1.82, 2.24) is 5.32 Å². The van der Waals surface area contributed by atoms with E-state index in [1.165, 1.54) is 19.3 Å². The number of amides is 1. The first kappa shape index (κ1) is 26.9. The summed E-state index contributed by atoms with van der Waals surface area (Å²) in [7, 11) is 6.49. The first-order valence-electron chi connectivity index (χ1n) is 8.61. The Morgan fingerprint density at radius 2 is 1.54 bits per heavy atom.